The van der Waals surface area contributed by atoms with Crippen LogP contribution in [0.5, 0.6) is 0 Å². The second-order valence-corrected chi connectivity index (χ2v) is 9.48. The summed E-state index contributed by atoms with van der Waals surface area (Å²) in [6.45, 7) is 3.22. The van der Waals surface area contributed by atoms with Crippen molar-refractivity contribution in [3.05, 3.63) is 65.3 Å². The third-order valence-corrected chi connectivity index (χ3v) is 6.86. The Morgan fingerprint density at radius 1 is 1.07 bits per heavy atom. The van der Waals surface area contributed by atoms with Gasteiger partial charge >= 0.3 is 0 Å². The van der Waals surface area contributed by atoms with Crippen LogP contribution in [0.3, 0.4) is 0 Å². The molecule has 1 amide bonds. The van der Waals surface area contributed by atoms with Gasteiger partial charge in [-0.05, 0) is 62.4 Å². The Bertz CT molecular complexity index is 1060. The lowest BCUT2D eigenvalue weighted by Crippen LogP contribution is -2.15. The molecule has 5 nitrogen and oxygen atoms in total. The lowest BCUT2D eigenvalue weighted by atomic mass is 10.2. The van der Waals surface area contributed by atoms with Gasteiger partial charge in [-0.1, -0.05) is 0 Å². The lowest BCUT2D eigenvalue weighted by Gasteiger charge is -2.08. The molecule has 27 heavy (non-hydrogen) atoms. The number of aromatic nitrogens is 1. The van der Waals surface area contributed by atoms with Gasteiger partial charge in [0.1, 0.15) is 5.82 Å². The van der Waals surface area contributed by atoms with Crippen molar-refractivity contribution in [3.63, 3.8) is 0 Å². The van der Waals surface area contributed by atoms with Gasteiger partial charge in [-0.15, -0.1) is 11.3 Å². The van der Waals surface area contributed by atoms with E-state index in [0.717, 1.165) is 5.56 Å². The molecule has 2 aromatic carbocycles. The zero-order valence-corrected chi connectivity index (χ0v) is 16.3. The number of rotatable bonds is 5. The van der Waals surface area contributed by atoms with E-state index in [9.17, 15) is 17.6 Å². The molecule has 1 heterocycles. The lowest BCUT2D eigenvalue weighted by molar-refractivity contribution is 0.102. The smallest absolute Gasteiger partial charge is 0.257 e. The number of thiazole rings is 1. The van der Waals surface area contributed by atoms with E-state index in [0.29, 0.717) is 16.4 Å². The first-order valence-electron chi connectivity index (χ1n) is 8.14. The number of carbonyl (C=O) groups excluding carboxylic acids is 1. The maximum absolute atomic E-state index is 13.0. The van der Waals surface area contributed by atoms with E-state index < -0.39 is 15.1 Å². The maximum atomic E-state index is 13.0. The molecule has 0 fully saturated rings. The molecule has 0 saturated heterocycles. The standard InChI is InChI=1S/C19H17FN2O3S2/c1-12(2)27(24,25)16-9-5-14(6-10-16)18(23)22-19-21-17(11-26-19)13-3-7-15(20)8-4-13/h3-12H,1-2H3,(H,21,22,23). The fraction of sp³-hybridized carbons (Fsp3) is 0.158. The minimum absolute atomic E-state index is 0.182. The first kappa shape index (κ1) is 19.2. The van der Waals surface area contributed by atoms with Crippen molar-refractivity contribution in [2.24, 2.45) is 0 Å². The first-order chi connectivity index (χ1) is 12.8. The molecule has 0 aliphatic heterocycles. The van der Waals surface area contributed by atoms with E-state index in [1.54, 1.807) is 31.4 Å². The van der Waals surface area contributed by atoms with Crippen LogP contribution in [0.1, 0.15) is 24.2 Å². The number of hydrogen-bond acceptors (Lipinski definition) is 5. The maximum Gasteiger partial charge on any atom is 0.257 e. The minimum Gasteiger partial charge on any atom is -0.298 e. The summed E-state index contributed by atoms with van der Waals surface area (Å²) in [5.74, 6) is -0.714. The molecule has 3 aromatic rings. The van der Waals surface area contributed by atoms with Gasteiger partial charge in [0, 0.05) is 16.5 Å². The number of sulfone groups is 1. The summed E-state index contributed by atoms with van der Waals surface area (Å²) < 4.78 is 37.3. The highest BCUT2D eigenvalue weighted by atomic mass is 32.2. The third-order valence-electron chi connectivity index (χ3n) is 3.93. The van der Waals surface area contributed by atoms with Gasteiger partial charge in [-0.2, -0.15) is 0 Å². The van der Waals surface area contributed by atoms with Crippen molar-refractivity contribution >= 4 is 32.2 Å². The fourth-order valence-electron chi connectivity index (χ4n) is 2.32. The highest BCUT2D eigenvalue weighted by molar-refractivity contribution is 7.92. The normalized spacial score (nSPS) is 11.6. The molecule has 0 atom stereocenters. The molecule has 0 aliphatic rings. The molecule has 0 spiro atoms. The van der Waals surface area contributed by atoms with Crippen molar-refractivity contribution in [2.45, 2.75) is 24.0 Å². The quantitative estimate of drug-likeness (QED) is 0.685. The predicted octanol–water partition coefficient (Wildman–Crippen LogP) is 4.38. The molecule has 8 heteroatoms. The van der Waals surface area contributed by atoms with E-state index >= 15 is 0 Å². The van der Waals surface area contributed by atoms with Gasteiger partial charge in [0.15, 0.2) is 15.0 Å². The predicted molar refractivity (Wildman–Crippen MR) is 104 cm³/mol. The molecule has 1 N–H and O–H groups in total. The SMILES string of the molecule is CC(C)S(=O)(=O)c1ccc(C(=O)Nc2nc(-c3ccc(F)cc3)cs2)cc1. The van der Waals surface area contributed by atoms with Crippen molar-refractivity contribution < 1.29 is 17.6 Å². The van der Waals surface area contributed by atoms with Crippen LogP contribution in [-0.2, 0) is 9.84 Å². The molecule has 0 saturated carbocycles. The molecular formula is C19H17FN2O3S2. The number of halogens is 1. The summed E-state index contributed by atoms with van der Waals surface area (Å²) in [4.78, 5) is 16.9. The molecule has 0 radical (unpaired) electrons. The summed E-state index contributed by atoms with van der Waals surface area (Å²) >= 11 is 1.25. The average molecular weight is 404 g/mol. The van der Waals surface area contributed by atoms with E-state index in [4.69, 9.17) is 0 Å². The Morgan fingerprint density at radius 2 is 1.70 bits per heavy atom. The van der Waals surface area contributed by atoms with E-state index in [-0.39, 0.29) is 16.6 Å². The fourth-order valence-corrected chi connectivity index (χ4v) is 4.10. The Hall–Kier alpha value is -2.58. The van der Waals surface area contributed by atoms with Crippen LogP contribution in [0, 0.1) is 5.82 Å². The van der Waals surface area contributed by atoms with Crippen molar-refractivity contribution in [3.8, 4) is 11.3 Å². The zero-order valence-electron chi connectivity index (χ0n) is 14.6. The average Bonchev–Trinajstić information content (AvgIpc) is 3.10. The molecule has 140 valence electrons. The number of nitrogens with zero attached hydrogens (tertiary/aromatic N) is 1. The van der Waals surface area contributed by atoms with Gasteiger partial charge in [0.2, 0.25) is 0 Å². The molecule has 0 bridgehead atoms. The number of anilines is 1. The van der Waals surface area contributed by atoms with Gasteiger partial charge < -0.3 is 0 Å². The summed E-state index contributed by atoms with van der Waals surface area (Å²) in [7, 11) is -3.38. The Morgan fingerprint density at radius 3 is 2.30 bits per heavy atom. The van der Waals surface area contributed by atoms with Crippen LogP contribution >= 0.6 is 11.3 Å². The molecule has 0 unspecified atom stereocenters. The molecule has 3 rings (SSSR count). The van der Waals surface area contributed by atoms with Gasteiger partial charge in [0.05, 0.1) is 15.8 Å². The van der Waals surface area contributed by atoms with Crippen LogP contribution in [0.2, 0.25) is 0 Å². The van der Waals surface area contributed by atoms with Crippen molar-refractivity contribution in [2.75, 3.05) is 5.32 Å². The summed E-state index contributed by atoms with van der Waals surface area (Å²) in [5.41, 5.74) is 1.71. The minimum atomic E-state index is -3.38. The first-order valence-corrected chi connectivity index (χ1v) is 10.6. The molecule has 1 aromatic heterocycles. The number of hydrogen-bond donors (Lipinski definition) is 1. The summed E-state index contributed by atoms with van der Waals surface area (Å²) in [5, 5.41) is 4.32. The zero-order chi connectivity index (χ0) is 19.6. The van der Waals surface area contributed by atoms with Crippen LogP contribution in [0.15, 0.2) is 58.8 Å². The number of benzene rings is 2. The van der Waals surface area contributed by atoms with E-state index in [1.807, 2.05) is 0 Å². The topological polar surface area (TPSA) is 76.1 Å². The van der Waals surface area contributed by atoms with E-state index in [2.05, 4.69) is 10.3 Å². The van der Waals surface area contributed by atoms with Crippen LogP contribution < -0.4 is 5.32 Å². The Balaban J connectivity index is 1.73. The van der Waals surface area contributed by atoms with Crippen LogP contribution in [0.25, 0.3) is 11.3 Å². The monoisotopic (exact) mass is 404 g/mol. The van der Waals surface area contributed by atoms with Crippen LogP contribution in [-0.4, -0.2) is 24.6 Å². The van der Waals surface area contributed by atoms with Crippen molar-refractivity contribution in [1.82, 2.24) is 4.98 Å². The number of amides is 1. The van der Waals surface area contributed by atoms with Crippen molar-refractivity contribution in [1.29, 1.82) is 0 Å². The number of carbonyl (C=O) groups is 1. The van der Waals surface area contributed by atoms with Gasteiger partial charge in [0.25, 0.3) is 5.91 Å². The van der Waals surface area contributed by atoms with E-state index in [1.165, 1.54) is 47.7 Å². The Kier molecular flexibility index (Phi) is 5.38. The summed E-state index contributed by atoms with van der Waals surface area (Å²) in [6.07, 6.45) is 0. The second-order valence-electron chi connectivity index (χ2n) is 6.12. The van der Waals surface area contributed by atoms with Crippen LogP contribution in [0.4, 0.5) is 9.52 Å². The van der Waals surface area contributed by atoms with Gasteiger partial charge in [-0.25, -0.2) is 17.8 Å². The third kappa shape index (κ3) is 4.23. The largest absolute Gasteiger partial charge is 0.298 e. The number of nitrogens with one attached hydrogen (secondary N) is 1. The highest BCUT2D eigenvalue weighted by Gasteiger charge is 2.19. The highest BCUT2D eigenvalue weighted by Crippen LogP contribution is 2.25. The molecule has 0 aliphatic carbocycles. The molecular weight excluding hydrogens is 387 g/mol. The Labute approximate surface area is 160 Å². The summed E-state index contributed by atoms with van der Waals surface area (Å²) in [6, 6.07) is 11.7. The second kappa shape index (κ2) is 7.58. The van der Waals surface area contributed by atoms with Gasteiger partial charge in [-0.3, -0.25) is 10.1 Å².